The summed E-state index contributed by atoms with van der Waals surface area (Å²) in [7, 11) is 0. The molecule has 0 aliphatic rings. The van der Waals surface area contributed by atoms with Gasteiger partial charge in [-0.05, 0) is 95.8 Å². The fraction of sp³-hybridized carbons (Fsp3) is 0.100. The van der Waals surface area contributed by atoms with Crippen LogP contribution < -0.4 is 0 Å². The van der Waals surface area contributed by atoms with E-state index in [-0.39, 0.29) is 40.8 Å². The number of halogens is 6. The van der Waals surface area contributed by atoms with Crippen molar-refractivity contribution < 1.29 is 35.2 Å². The molecule has 0 bridgehead atoms. The minimum atomic E-state index is -4.87. The van der Waals surface area contributed by atoms with E-state index in [1.165, 1.54) is 24.3 Å². The maximum Gasteiger partial charge on any atom is 0.417 e. The van der Waals surface area contributed by atoms with Crippen LogP contribution in [0.4, 0.5) is 26.3 Å². The number of furan rings is 2. The van der Waals surface area contributed by atoms with Crippen molar-refractivity contribution in [2.45, 2.75) is 39.0 Å². The van der Waals surface area contributed by atoms with E-state index in [0.717, 1.165) is 60.9 Å². The van der Waals surface area contributed by atoms with Crippen LogP contribution in [0, 0.1) is 0 Å². The summed E-state index contributed by atoms with van der Waals surface area (Å²) >= 11 is 0. The van der Waals surface area contributed by atoms with Crippen LogP contribution in [0.15, 0.2) is 179 Å². The molecule has 13 aromatic rings. The van der Waals surface area contributed by atoms with Crippen LogP contribution >= 0.6 is 0 Å². The highest BCUT2D eigenvalue weighted by molar-refractivity contribution is 6.26. The average Bonchev–Trinajstić information content (AvgIpc) is 4.12. The molecule has 70 heavy (non-hydrogen) atoms. The molecular weight excluding hydrogens is 895 g/mol. The Kier molecular flexibility index (Phi) is 9.06. The smallest absolute Gasteiger partial charge is 0.417 e. The quantitative estimate of drug-likeness (QED) is 0.156. The number of alkyl halides is 6. The lowest BCUT2D eigenvalue weighted by Crippen LogP contribution is -2.16. The zero-order valence-corrected chi connectivity index (χ0v) is 37.6. The van der Waals surface area contributed by atoms with Gasteiger partial charge in [-0.2, -0.15) is 26.3 Å². The SMILES string of the molecule is CCc1c(-c2ccccc2C(F)(F)F)c(-n2c3ccccc3c3ccc4oc5ccccc5c4c32)c(-c2ccccc2C(F)(F)F)c(CC)c1-n1c2ccccc2c2ccc3oc4ccccc4c3c21. The second kappa shape index (κ2) is 15.1. The molecule has 0 saturated carbocycles. The minimum Gasteiger partial charge on any atom is -0.456 e. The van der Waals surface area contributed by atoms with Gasteiger partial charge in [-0.1, -0.05) is 123 Å². The highest BCUT2D eigenvalue weighted by Crippen LogP contribution is 2.54. The molecule has 0 saturated heterocycles. The van der Waals surface area contributed by atoms with Gasteiger partial charge in [-0.25, -0.2) is 0 Å². The lowest BCUT2D eigenvalue weighted by molar-refractivity contribution is -0.137. The van der Waals surface area contributed by atoms with Gasteiger partial charge in [0.25, 0.3) is 0 Å². The van der Waals surface area contributed by atoms with E-state index in [1.54, 1.807) is 12.1 Å². The van der Waals surface area contributed by atoms with E-state index >= 15 is 26.3 Å². The molecule has 4 aromatic heterocycles. The first-order valence-electron chi connectivity index (χ1n) is 23.2. The van der Waals surface area contributed by atoms with Gasteiger partial charge >= 0.3 is 12.4 Å². The Morgan fingerprint density at radius 2 is 0.743 bits per heavy atom. The first-order chi connectivity index (χ1) is 34.0. The molecule has 0 spiro atoms. The summed E-state index contributed by atoms with van der Waals surface area (Å²) in [5.74, 6) is 0. The lowest BCUT2D eigenvalue weighted by atomic mass is 9.81. The summed E-state index contributed by atoms with van der Waals surface area (Å²) in [6, 6.07) is 49.3. The van der Waals surface area contributed by atoms with E-state index in [4.69, 9.17) is 8.83 Å². The molecular formula is C60H38F6N2O2. The highest BCUT2D eigenvalue weighted by Gasteiger charge is 2.40. The van der Waals surface area contributed by atoms with Crippen molar-refractivity contribution in [3.05, 3.63) is 192 Å². The molecule has 0 fully saturated rings. The number of fused-ring (bicyclic) bond motifs is 14. The first kappa shape index (κ1) is 41.9. The van der Waals surface area contributed by atoms with Crippen molar-refractivity contribution in [3.63, 3.8) is 0 Å². The topological polar surface area (TPSA) is 36.1 Å². The molecule has 0 radical (unpaired) electrons. The molecule has 0 atom stereocenters. The third kappa shape index (κ3) is 5.85. The Bertz CT molecular complexity index is 4230. The number of hydrogen-bond donors (Lipinski definition) is 0. The largest absolute Gasteiger partial charge is 0.456 e. The van der Waals surface area contributed by atoms with Crippen LogP contribution in [-0.2, 0) is 25.2 Å². The second-order valence-corrected chi connectivity index (χ2v) is 17.8. The van der Waals surface area contributed by atoms with Crippen LogP contribution in [0.2, 0.25) is 0 Å². The maximum absolute atomic E-state index is 16.0. The van der Waals surface area contributed by atoms with Gasteiger partial charge in [0.15, 0.2) is 0 Å². The molecule has 0 aliphatic heterocycles. The van der Waals surface area contributed by atoms with Gasteiger partial charge in [-0.15, -0.1) is 0 Å². The zero-order valence-electron chi connectivity index (χ0n) is 37.6. The molecule has 0 aliphatic carbocycles. The third-order valence-electron chi connectivity index (χ3n) is 14.2. The van der Waals surface area contributed by atoms with Crippen molar-refractivity contribution in [1.82, 2.24) is 9.13 Å². The van der Waals surface area contributed by atoms with Crippen LogP contribution in [0.25, 0.3) is 121 Å². The Morgan fingerprint density at radius 1 is 0.371 bits per heavy atom. The standard InChI is InChI=1S/C60H38F6N2O2/c1-3-33-51(39-19-5-11-23-43(39)59(61,62)63)58(68-46-26-14-8-18-36(46)38-30-32-50-54(57(38)68)42-22-10-16-28-48(42)70-50)52(40-20-6-12-24-44(40)60(64,65)66)34(4-2)55(33)67-45-25-13-7-17-35(45)37-29-31-49-53(56(37)67)41-21-9-15-27-47(41)69-49/h5-32H,3-4H2,1-2H3. The van der Waals surface area contributed by atoms with E-state index in [2.05, 4.69) is 4.57 Å². The van der Waals surface area contributed by atoms with Crippen molar-refractivity contribution in [1.29, 1.82) is 0 Å². The highest BCUT2D eigenvalue weighted by atomic mass is 19.4. The molecule has 4 nitrogen and oxygen atoms in total. The maximum atomic E-state index is 16.0. The number of hydrogen-bond acceptors (Lipinski definition) is 2. The number of para-hydroxylation sites is 4. The van der Waals surface area contributed by atoms with E-state index < -0.39 is 23.5 Å². The van der Waals surface area contributed by atoms with Crippen LogP contribution in [0.3, 0.4) is 0 Å². The van der Waals surface area contributed by atoms with Gasteiger partial charge in [-0.3, -0.25) is 0 Å². The lowest BCUT2D eigenvalue weighted by Gasteiger charge is -2.31. The molecule has 0 amide bonds. The number of rotatable bonds is 6. The molecule has 0 N–H and O–H groups in total. The van der Waals surface area contributed by atoms with Crippen LogP contribution in [-0.4, -0.2) is 9.13 Å². The Balaban J connectivity index is 1.37. The fourth-order valence-corrected chi connectivity index (χ4v) is 11.5. The van der Waals surface area contributed by atoms with Crippen molar-refractivity contribution in [2.75, 3.05) is 0 Å². The molecule has 9 aromatic carbocycles. The Labute approximate surface area is 395 Å². The number of nitrogens with zero attached hydrogens (tertiary/aromatic N) is 2. The van der Waals surface area contributed by atoms with Gasteiger partial charge in [0, 0.05) is 43.4 Å². The van der Waals surface area contributed by atoms with Gasteiger partial charge in [0.1, 0.15) is 22.3 Å². The van der Waals surface area contributed by atoms with E-state index in [1.807, 2.05) is 140 Å². The number of benzene rings is 9. The first-order valence-corrected chi connectivity index (χ1v) is 23.2. The number of aromatic nitrogens is 2. The Morgan fingerprint density at radius 3 is 1.17 bits per heavy atom. The molecule has 13 rings (SSSR count). The van der Waals surface area contributed by atoms with Crippen molar-refractivity contribution in [2.24, 2.45) is 0 Å². The molecule has 4 heterocycles. The minimum absolute atomic E-state index is 0.161. The van der Waals surface area contributed by atoms with Crippen LogP contribution in [0.1, 0.15) is 36.1 Å². The average molecular weight is 933 g/mol. The van der Waals surface area contributed by atoms with E-state index in [9.17, 15) is 0 Å². The van der Waals surface area contributed by atoms with Crippen molar-refractivity contribution >= 4 is 87.5 Å². The second-order valence-electron chi connectivity index (χ2n) is 17.8. The summed E-state index contributed by atoms with van der Waals surface area (Å²) in [6.45, 7) is 3.82. The van der Waals surface area contributed by atoms with Gasteiger partial charge in [0.05, 0.1) is 55.3 Å². The third-order valence-corrected chi connectivity index (χ3v) is 14.2. The summed E-state index contributed by atoms with van der Waals surface area (Å²) in [5, 5.41) is 6.30. The summed E-state index contributed by atoms with van der Waals surface area (Å²) < 4.78 is 113. The summed E-state index contributed by atoms with van der Waals surface area (Å²) in [4.78, 5) is 0. The van der Waals surface area contributed by atoms with Gasteiger partial charge in [0.2, 0.25) is 0 Å². The summed E-state index contributed by atoms with van der Waals surface area (Å²) in [5.41, 5.74) is 4.97. The molecule has 10 heteroatoms. The zero-order chi connectivity index (χ0) is 47.8. The van der Waals surface area contributed by atoms with Gasteiger partial charge < -0.3 is 18.0 Å². The molecule has 0 unspecified atom stereocenters. The fourth-order valence-electron chi connectivity index (χ4n) is 11.5. The molecule has 342 valence electrons. The Hall–Kier alpha value is -8.24. The van der Waals surface area contributed by atoms with Crippen LogP contribution in [0.5, 0.6) is 0 Å². The van der Waals surface area contributed by atoms with Crippen molar-refractivity contribution in [3.8, 4) is 33.6 Å². The predicted octanol–water partition coefficient (Wildman–Crippen LogP) is 18.2. The summed E-state index contributed by atoms with van der Waals surface area (Å²) in [6.07, 6.45) is -9.35. The van der Waals surface area contributed by atoms with E-state index in [0.29, 0.717) is 55.6 Å². The predicted molar refractivity (Wildman–Crippen MR) is 269 cm³/mol. The normalized spacial score (nSPS) is 12.7. The monoisotopic (exact) mass is 932 g/mol.